The van der Waals surface area contributed by atoms with Crippen molar-refractivity contribution in [2.75, 3.05) is 0 Å². The van der Waals surface area contributed by atoms with Crippen molar-refractivity contribution in [2.45, 2.75) is 90.6 Å². The minimum Gasteiger partial charge on any atom is -0.458 e. The Balaban J connectivity index is 1.73. The molecule has 0 aromatic carbocycles. The third-order valence-electron chi connectivity index (χ3n) is 9.02. The van der Waals surface area contributed by atoms with Crippen molar-refractivity contribution in [1.29, 1.82) is 0 Å². The summed E-state index contributed by atoms with van der Waals surface area (Å²) in [4.78, 5) is 36.7. The zero-order valence-corrected chi connectivity index (χ0v) is 18.1. The topological polar surface area (TPSA) is 86.5 Å². The molecule has 2 N–H and O–H groups in total. The van der Waals surface area contributed by atoms with Gasteiger partial charge in [0, 0.05) is 24.7 Å². The molecule has 4 aliphatic rings. The number of carbonyl (C=O) groups is 3. The number of amides is 1. The third kappa shape index (κ3) is 3.07. The molecule has 3 aliphatic carbocycles. The van der Waals surface area contributed by atoms with Crippen molar-refractivity contribution in [1.82, 2.24) is 0 Å². The van der Waals surface area contributed by atoms with Crippen LogP contribution in [-0.2, 0) is 19.1 Å². The van der Waals surface area contributed by atoms with Gasteiger partial charge >= 0.3 is 5.97 Å². The van der Waals surface area contributed by atoms with Crippen LogP contribution in [0.15, 0.2) is 11.6 Å². The van der Waals surface area contributed by atoms with Crippen LogP contribution >= 0.6 is 0 Å². The Morgan fingerprint density at radius 2 is 1.97 bits per heavy atom. The smallest absolute Gasteiger partial charge is 0.306 e. The zero-order valence-electron chi connectivity index (χ0n) is 18.1. The number of rotatable bonds is 4. The van der Waals surface area contributed by atoms with E-state index in [1.807, 2.05) is 6.08 Å². The summed E-state index contributed by atoms with van der Waals surface area (Å²) in [6, 6.07) is 0. The van der Waals surface area contributed by atoms with Gasteiger partial charge in [0.15, 0.2) is 0 Å². The molecule has 2 saturated carbocycles. The van der Waals surface area contributed by atoms with E-state index in [0.29, 0.717) is 19.3 Å². The number of ketones is 1. The molecule has 1 heterocycles. The molecular formula is C24H35NO4. The number of carbonyl (C=O) groups excluding carboxylic acids is 3. The van der Waals surface area contributed by atoms with Gasteiger partial charge in [-0.15, -0.1) is 0 Å². The molecule has 2 unspecified atom stereocenters. The number of fused-ring (bicyclic) bond motifs is 1. The number of nitrogens with two attached hydrogens (primary N) is 1. The van der Waals surface area contributed by atoms with Crippen LogP contribution in [0.4, 0.5) is 0 Å². The number of esters is 1. The Labute approximate surface area is 173 Å². The standard InChI is InChI=1S/C24H35NO4/c1-4-8-23(3)19(6-10-24(23)11-7-20(27)29-24)18-14-22(2)9-5-16(26)12-15(22)13-17(18)21(25)28/h13,17-19H,4-12,14H2,1-3H3,(H2,25,28)/t17-,18?,19?,22-,23+,24-/m1/s1. The molecule has 1 spiro atoms. The number of hydrogen-bond acceptors (Lipinski definition) is 4. The molecule has 0 aromatic rings. The van der Waals surface area contributed by atoms with E-state index in [-0.39, 0.29) is 51.8 Å². The molecule has 29 heavy (non-hydrogen) atoms. The number of Topliss-reactive ketones (excluding diaryl/α,β-unsaturated/α-hetero) is 1. The van der Waals surface area contributed by atoms with Crippen LogP contribution < -0.4 is 5.73 Å². The van der Waals surface area contributed by atoms with Crippen molar-refractivity contribution in [3.8, 4) is 0 Å². The van der Waals surface area contributed by atoms with Crippen LogP contribution in [0, 0.1) is 28.6 Å². The maximum Gasteiger partial charge on any atom is 0.306 e. The summed E-state index contributed by atoms with van der Waals surface area (Å²) < 4.78 is 6.03. The Kier molecular flexibility index (Phi) is 4.94. The lowest BCUT2D eigenvalue weighted by Gasteiger charge is -2.51. The number of primary amides is 1. The van der Waals surface area contributed by atoms with E-state index in [2.05, 4.69) is 20.8 Å². The van der Waals surface area contributed by atoms with Gasteiger partial charge in [0.05, 0.1) is 5.92 Å². The van der Waals surface area contributed by atoms with Gasteiger partial charge in [0.1, 0.15) is 11.4 Å². The van der Waals surface area contributed by atoms with Crippen molar-refractivity contribution in [2.24, 2.45) is 34.3 Å². The minimum absolute atomic E-state index is 0.0280. The lowest BCUT2D eigenvalue weighted by atomic mass is 9.54. The fraction of sp³-hybridized carbons (Fsp3) is 0.792. The van der Waals surface area contributed by atoms with Crippen LogP contribution in [0.2, 0.25) is 0 Å². The van der Waals surface area contributed by atoms with Gasteiger partial charge in [-0.2, -0.15) is 0 Å². The van der Waals surface area contributed by atoms with Crippen LogP contribution in [-0.4, -0.2) is 23.3 Å². The molecule has 5 heteroatoms. The Hall–Kier alpha value is -1.65. The largest absolute Gasteiger partial charge is 0.458 e. The van der Waals surface area contributed by atoms with Gasteiger partial charge in [0.25, 0.3) is 0 Å². The summed E-state index contributed by atoms with van der Waals surface area (Å²) in [5.41, 5.74) is 6.46. The van der Waals surface area contributed by atoms with Gasteiger partial charge in [-0.25, -0.2) is 0 Å². The Morgan fingerprint density at radius 3 is 2.59 bits per heavy atom. The highest BCUT2D eigenvalue weighted by Gasteiger charge is 2.64. The van der Waals surface area contributed by atoms with Crippen LogP contribution in [0.25, 0.3) is 0 Å². The maximum atomic E-state index is 12.5. The maximum absolute atomic E-state index is 12.5. The molecule has 160 valence electrons. The van der Waals surface area contributed by atoms with E-state index < -0.39 is 0 Å². The summed E-state index contributed by atoms with van der Waals surface area (Å²) in [5, 5.41) is 0. The van der Waals surface area contributed by atoms with Crippen LogP contribution in [0.3, 0.4) is 0 Å². The molecule has 5 nitrogen and oxygen atoms in total. The number of ether oxygens (including phenoxy) is 1. The first kappa shape index (κ1) is 20.6. The molecular weight excluding hydrogens is 366 g/mol. The van der Waals surface area contributed by atoms with Gasteiger partial charge < -0.3 is 10.5 Å². The minimum atomic E-state index is -0.389. The number of hydrogen-bond donors (Lipinski definition) is 1. The van der Waals surface area contributed by atoms with Crippen LogP contribution in [0.1, 0.15) is 85.0 Å². The van der Waals surface area contributed by atoms with Crippen LogP contribution in [0.5, 0.6) is 0 Å². The van der Waals surface area contributed by atoms with E-state index in [1.54, 1.807) is 0 Å². The second kappa shape index (κ2) is 6.95. The quantitative estimate of drug-likeness (QED) is 0.568. The third-order valence-corrected chi connectivity index (χ3v) is 9.02. The van der Waals surface area contributed by atoms with Gasteiger partial charge in [-0.3, -0.25) is 14.4 Å². The summed E-state index contributed by atoms with van der Waals surface area (Å²) >= 11 is 0. The molecule has 0 aromatic heterocycles. The average Bonchev–Trinajstić information content (AvgIpc) is 3.16. The van der Waals surface area contributed by atoms with Crippen molar-refractivity contribution < 1.29 is 19.1 Å². The van der Waals surface area contributed by atoms with E-state index in [9.17, 15) is 14.4 Å². The normalized spacial score (nSPS) is 44.5. The van der Waals surface area contributed by atoms with Crippen molar-refractivity contribution >= 4 is 17.7 Å². The zero-order chi connectivity index (χ0) is 21.0. The highest BCUT2D eigenvalue weighted by Crippen LogP contribution is 2.64. The van der Waals surface area contributed by atoms with E-state index in [4.69, 9.17) is 10.5 Å². The predicted molar refractivity (Wildman–Crippen MR) is 110 cm³/mol. The second-order valence-corrected chi connectivity index (χ2v) is 10.5. The lowest BCUT2D eigenvalue weighted by molar-refractivity contribution is -0.162. The first-order valence-corrected chi connectivity index (χ1v) is 11.4. The van der Waals surface area contributed by atoms with Crippen molar-refractivity contribution in [3.63, 3.8) is 0 Å². The molecule has 6 atom stereocenters. The van der Waals surface area contributed by atoms with Crippen molar-refractivity contribution in [3.05, 3.63) is 11.6 Å². The summed E-state index contributed by atoms with van der Waals surface area (Å²) in [7, 11) is 0. The Bertz CT molecular complexity index is 773. The highest BCUT2D eigenvalue weighted by molar-refractivity contribution is 5.84. The summed E-state index contributed by atoms with van der Waals surface area (Å²) in [6.45, 7) is 6.73. The molecule has 1 aliphatic heterocycles. The van der Waals surface area contributed by atoms with Gasteiger partial charge in [-0.05, 0) is 55.8 Å². The molecule has 1 saturated heterocycles. The monoisotopic (exact) mass is 401 g/mol. The van der Waals surface area contributed by atoms with Gasteiger partial charge in [0.2, 0.25) is 5.91 Å². The highest BCUT2D eigenvalue weighted by atomic mass is 16.6. The molecule has 1 amide bonds. The first-order chi connectivity index (χ1) is 13.6. The lowest BCUT2D eigenvalue weighted by Crippen LogP contribution is -2.50. The Morgan fingerprint density at radius 1 is 1.21 bits per heavy atom. The first-order valence-electron chi connectivity index (χ1n) is 11.4. The fourth-order valence-corrected chi connectivity index (χ4v) is 7.41. The van der Waals surface area contributed by atoms with E-state index >= 15 is 0 Å². The van der Waals surface area contributed by atoms with Gasteiger partial charge in [-0.1, -0.05) is 38.8 Å². The second-order valence-electron chi connectivity index (χ2n) is 10.5. The SMILES string of the molecule is CCC[C@@]1(C)C(C2C[C@@]3(C)CCC(=O)CC3=C[C@H]2C(N)=O)CC[C@@]12CCC(=O)O2. The average molecular weight is 402 g/mol. The number of allylic oxidation sites excluding steroid dienone is 1. The molecule has 0 bridgehead atoms. The molecule has 3 fully saturated rings. The van der Waals surface area contributed by atoms with E-state index in [0.717, 1.165) is 50.5 Å². The van der Waals surface area contributed by atoms with E-state index in [1.165, 1.54) is 0 Å². The summed E-state index contributed by atoms with van der Waals surface area (Å²) in [6.07, 6.45) is 10.0. The molecule has 0 radical (unpaired) electrons. The fourth-order valence-electron chi connectivity index (χ4n) is 7.41. The predicted octanol–water partition coefficient (Wildman–Crippen LogP) is 4.09. The summed E-state index contributed by atoms with van der Waals surface area (Å²) in [5.74, 6) is -0.00195. The molecule has 4 rings (SSSR count).